The van der Waals surface area contributed by atoms with Crippen LogP contribution in [0.2, 0.25) is 0 Å². The highest BCUT2D eigenvalue weighted by Gasteiger charge is 2.08. The van der Waals surface area contributed by atoms with Crippen molar-refractivity contribution in [1.82, 2.24) is 20.5 Å². The van der Waals surface area contributed by atoms with Crippen LogP contribution in [-0.2, 0) is 6.54 Å². The van der Waals surface area contributed by atoms with Gasteiger partial charge in [-0.25, -0.2) is 4.98 Å². The summed E-state index contributed by atoms with van der Waals surface area (Å²) in [6.45, 7) is 10.4. The zero-order chi connectivity index (χ0) is 14.5. The second kappa shape index (κ2) is 6.90. The highest BCUT2D eigenvalue weighted by molar-refractivity contribution is 7.99. The zero-order valence-corrected chi connectivity index (χ0v) is 13.3. The van der Waals surface area contributed by atoms with Gasteiger partial charge in [-0.2, -0.15) is 0 Å². The topological polar surface area (TPSA) is 53.6 Å². The summed E-state index contributed by atoms with van der Waals surface area (Å²) in [7, 11) is 0. The van der Waals surface area contributed by atoms with Crippen molar-refractivity contribution < 1.29 is 0 Å². The Kier molecular flexibility index (Phi) is 5.20. The van der Waals surface area contributed by atoms with Gasteiger partial charge >= 0.3 is 0 Å². The Morgan fingerprint density at radius 3 is 2.75 bits per heavy atom. The number of aromatic amines is 1. The molecule has 2 rings (SSSR count). The van der Waals surface area contributed by atoms with Gasteiger partial charge in [-0.05, 0) is 49.7 Å². The van der Waals surface area contributed by atoms with Crippen LogP contribution in [0, 0.1) is 19.8 Å². The van der Waals surface area contributed by atoms with Crippen LogP contribution in [0.15, 0.2) is 28.3 Å². The molecule has 4 nitrogen and oxygen atoms in total. The molecule has 0 radical (unpaired) electrons. The number of benzene rings is 1. The number of aromatic nitrogens is 3. The molecular formula is C15H22N4S. The molecular weight excluding hydrogens is 268 g/mol. The van der Waals surface area contributed by atoms with Crippen molar-refractivity contribution in [2.75, 3.05) is 6.54 Å². The number of aryl methyl sites for hydroxylation is 2. The lowest BCUT2D eigenvalue weighted by Crippen LogP contribution is -2.19. The van der Waals surface area contributed by atoms with Gasteiger partial charge in [0.25, 0.3) is 0 Å². The smallest absolute Gasteiger partial charge is 0.213 e. The van der Waals surface area contributed by atoms with Crippen LogP contribution in [0.5, 0.6) is 0 Å². The van der Waals surface area contributed by atoms with E-state index in [0.29, 0.717) is 5.92 Å². The van der Waals surface area contributed by atoms with Gasteiger partial charge in [0.1, 0.15) is 5.82 Å². The van der Waals surface area contributed by atoms with Crippen LogP contribution in [0.4, 0.5) is 0 Å². The fourth-order valence-corrected chi connectivity index (χ4v) is 2.78. The number of nitrogens with one attached hydrogen (secondary N) is 2. The van der Waals surface area contributed by atoms with Gasteiger partial charge in [-0.15, -0.1) is 5.10 Å². The number of rotatable bonds is 6. The first-order valence-corrected chi connectivity index (χ1v) is 7.73. The third-order valence-corrected chi connectivity index (χ3v) is 3.85. The fraction of sp³-hybridized carbons (Fsp3) is 0.467. The Morgan fingerprint density at radius 1 is 1.30 bits per heavy atom. The number of nitrogens with zero attached hydrogens (tertiary/aromatic N) is 2. The molecule has 0 aliphatic carbocycles. The minimum Gasteiger partial charge on any atom is -0.312 e. The lowest BCUT2D eigenvalue weighted by atomic mass is 10.1. The molecule has 20 heavy (non-hydrogen) atoms. The molecule has 0 atom stereocenters. The summed E-state index contributed by atoms with van der Waals surface area (Å²) >= 11 is 1.61. The van der Waals surface area contributed by atoms with Crippen LogP contribution in [0.1, 0.15) is 30.8 Å². The van der Waals surface area contributed by atoms with Crippen molar-refractivity contribution >= 4 is 11.8 Å². The molecule has 1 aromatic carbocycles. The van der Waals surface area contributed by atoms with E-state index in [2.05, 4.69) is 59.5 Å². The van der Waals surface area contributed by atoms with E-state index in [1.165, 1.54) is 16.0 Å². The number of H-pyrrole nitrogens is 1. The Morgan fingerprint density at radius 2 is 2.10 bits per heavy atom. The first-order valence-electron chi connectivity index (χ1n) is 6.91. The second-order valence-electron chi connectivity index (χ2n) is 5.44. The van der Waals surface area contributed by atoms with Crippen LogP contribution < -0.4 is 5.32 Å². The Bertz CT molecular complexity index is 563. The van der Waals surface area contributed by atoms with E-state index in [1.807, 2.05) is 6.92 Å². The quantitative estimate of drug-likeness (QED) is 0.857. The molecule has 1 aromatic heterocycles. The van der Waals surface area contributed by atoms with Crippen LogP contribution in [-0.4, -0.2) is 21.7 Å². The second-order valence-corrected chi connectivity index (χ2v) is 6.45. The number of hydrogen-bond acceptors (Lipinski definition) is 4. The van der Waals surface area contributed by atoms with Crippen molar-refractivity contribution in [3.8, 4) is 0 Å². The van der Waals surface area contributed by atoms with Gasteiger partial charge in [0.2, 0.25) is 5.16 Å². The zero-order valence-electron chi connectivity index (χ0n) is 12.5. The average molecular weight is 290 g/mol. The summed E-state index contributed by atoms with van der Waals surface area (Å²) in [5, 5.41) is 11.3. The van der Waals surface area contributed by atoms with E-state index in [9.17, 15) is 0 Å². The van der Waals surface area contributed by atoms with E-state index < -0.39 is 0 Å². The molecule has 0 aliphatic rings. The molecule has 0 bridgehead atoms. The third kappa shape index (κ3) is 4.35. The SMILES string of the molecule is Cc1ccc(Sc2n[nH]c(C)n2)c(CNCC(C)C)c1. The van der Waals surface area contributed by atoms with Gasteiger partial charge in [0, 0.05) is 11.4 Å². The van der Waals surface area contributed by atoms with Crippen molar-refractivity contribution in [1.29, 1.82) is 0 Å². The maximum absolute atomic E-state index is 4.35. The van der Waals surface area contributed by atoms with E-state index >= 15 is 0 Å². The molecule has 2 aromatic rings. The molecule has 0 saturated carbocycles. The molecule has 108 valence electrons. The Balaban J connectivity index is 2.10. The molecule has 0 amide bonds. The largest absolute Gasteiger partial charge is 0.312 e. The van der Waals surface area contributed by atoms with Gasteiger partial charge in [-0.3, -0.25) is 5.10 Å². The summed E-state index contributed by atoms with van der Waals surface area (Å²) in [5.74, 6) is 1.51. The molecule has 2 N–H and O–H groups in total. The van der Waals surface area contributed by atoms with Gasteiger partial charge < -0.3 is 5.32 Å². The van der Waals surface area contributed by atoms with E-state index in [0.717, 1.165) is 24.1 Å². The average Bonchev–Trinajstić information content (AvgIpc) is 2.78. The Labute approximate surface area is 124 Å². The summed E-state index contributed by atoms with van der Waals surface area (Å²) < 4.78 is 0. The lowest BCUT2D eigenvalue weighted by Gasteiger charge is -2.11. The van der Waals surface area contributed by atoms with E-state index in [-0.39, 0.29) is 0 Å². The molecule has 0 spiro atoms. The highest BCUT2D eigenvalue weighted by atomic mass is 32.2. The van der Waals surface area contributed by atoms with Crippen LogP contribution in [0.3, 0.4) is 0 Å². The molecule has 0 saturated heterocycles. The maximum atomic E-state index is 4.35. The molecule has 5 heteroatoms. The van der Waals surface area contributed by atoms with Gasteiger partial charge in [0.05, 0.1) is 0 Å². The summed E-state index contributed by atoms with van der Waals surface area (Å²) in [5.41, 5.74) is 2.58. The molecule has 1 heterocycles. The Hall–Kier alpha value is -1.33. The van der Waals surface area contributed by atoms with Crippen LogP contribution in [0.25, 0.3) is 0 Å². The molecule has 0 unspecified atom stereocenters. The number of hydrogen-bond donors (Lipinski definition) is 2. The first kappa shape index (κ1) is 15.1. The fourth-order valence-electron chi connectivity index (χ4n) is 1.91. The van der Waals surface area contributed by atoms with Crippen molar-refractivity contribution in [2.45, 2.75) is 44.3 Å². The maximum Gasteiger partial charge on any atom is 0.213 e. The first-order chi connectivity index (χ1) is 9.54. The minimum absolute atomic E-state index is 0.659. The summed E-state index contributed by atoms with van der Waals surface area (Å²) in [4.78, 5) is 5.57. The predicted octanol–water partition coefficient (Wildman–Crippen LogP) is 3.32. The predicted molar refractivity (Wildman–Crippen MR) is 83.0 cm³/mol. The van der Waals surface area contributed by atoms with Gasteiger partial charge in [-0.1, -0.05) is 31.5 Å². The van der Waals surface area contributed by atoms with Crippen molar-refractivity contribution in [2.24, 2.45) is 5.92 Å². The third-order valence-electron chi connectivity index (χ3n) is 2.86. The molecule has 0 fully saturated rings. The van der Waals surface area contributed by atoms with E-state index in [4.69, 9.17) is 0 Å². The summed E-state index contributed by atoms with van der Waals surface area (Å²) in [6.07, 6.45) is 0. The summed E-state index contributed by atoms with van der Waals surface area (Å²) in [6, 6.07) is 6.51. The normalized spacial score (nSPS) is 11.2. The van der Waals surface area contributed by atoms with Crippen molar-refractivity contribution in [3.63, 3.8) is 0 Å². The lowest BCUT2D eigenvalue weighted by molar-refractivity contribution is 0.550. The standard InChI is InChI=1S/C15H22N4S/c1-10(2)8-16-9-13-7-11(3)5-6-14(13)20-15-17-12(4)18-19-15/h5-7,10,16H,8-9H2,1-4H3,(H,17,18,19). The highest BCUT2D eigenvalue weighted by Crippen LogP contribution is 2.28. The monoisotopic (exact) mass is 290 g/mol. The van der Waals surface area contributed by atoms with Crippen molar-refractivity contribution in [3.05, 3.63) is 35.2 Å². The molecule has 0 aliphatic heterocycles. The van der Waals surface area contributed by atoms with Gasteiger partial charge in [0.15, 0.2) is 0 Å². The van der Waals surface area contributed by atoms with Crippen LogP contribution >= 0.6 is 11.8 Å². The van der Waals surface area contributed by atoms with E-state index in [1.54, 1.807) is 11.8 Å². The minimum atomic E-state index is 0.659.